The second kappa shape index (κ2) is 5.75. The molecular weight excluding hydrogens is 314 g/mol. The molecule has 2 atom stereocenters. The van der Waals surface area contributed by atoms with Gasteiger partial charge in [-0.3, -0.25) is 14.2 Å². The SMILES string of the molecule is C[C@@H](C[S@](C)=O)Nc1ccnc2cc(Br)cnc12. The first-order valence-electron chi connectivity index (χ1n) is 5.53. The van der Waals surface area contributed by atoms with Crippen molar-refractivity contribution in [1.29, 1.82) is 0 Å². The van der Waals surface area contributed by atoms with E-state index in [1.807, 2.05) is 19.1 Å². The zero-order valence-electron chi connectivity index (χ0n) is 10.2. The topological polar surface area (TPSA) is 54.9 Å². The Morgan fingerprint density at radius 1 is 1.50 bits per heavy atom. The third-order valence-corrected chi connectivity index (χ3v) is 3.83. The first-order chi connectivity index (χ1) is 8.56. The minimum Gasteiger partial charge on any atom is -0.380 e. The number of aromatic nitrogens is 2. The molecule has 96 valence electrons. The lowest BCUT2D eigenvalue weighted by atomic mass is 10.2. The molecule has 0 saturated carbocycles. The average Bonchev–Trinajstić information content (AvgIpc) is 2.27. The molecule has 2 aromatic heterocycles. The van der Waals surface area contributed by atoms with E-state index in [1.165, 1.54) is 0 Å². The lowest BCUT2D eigenvalue weighted by Crippen LogP contribution is -2.22. The van der Waals surface area contributed by atoms with Gasteiger partial charge in [-0.1, -0.05) is 0 Å². The van der Waals surface area contributed by atoms with Crippen molar-refractivity contribution in [3.8, 4) is 0 Å². The number of hydrogen-bond donors (Lipinski definition) is 1. The highest BCUT2D eigenvalue weighted by Crippen LogP contribution is 2.22. The molecule has 6 heteroatoms. The van der Waals surface area contributed by atoms with Gasteiger partial charge in [-0.2, -0.15) is 0 Å². The number of fused-ring (bicyclic) bond motifs is 1. The maximum Gasteiger partial charge on any atom is 0.112 e. The first kappa shape index (κ1) is 13.4. The van der Waals surface area contributed by atoms with Gasteiger partial charge < -0.3 is 5.32 Å². The number of nitrogens with zero attached hydrogens (tertiary/aromatic N) is 2. The molecule has 0 spiro atoms. The van der Waals surface area contributed by atoms with Crippen LogP contribution in [-0.4, -0.2) is 32.2 Å². The molecule has 0 aliphatic carbocycles. The third-order valence-electron chi connectivity index (χ3n) is 2.43. The lowest BCUT2D eigenvalue weighted by Gasteiger charge is -2.14. The van der Waals surface area contributed by atoms with E-state index in [2.05, 4.69) is 31.2 Å². The summed E-state index contributed by atoms with van der Waals surface area (Å²) in [5, 5.41) is 3.32. The van der Waals surface area contributed by atoms with Crippen LogP contribution in [0, 0.1) is 0 Å². The van der Waals surface area contributed by atoms with Crippen molar-refractivity contribution in [1.82, 2.24) is 9.97 Å². The molecule has 2 heterocycles. The number of hydrogen-bond acceptors (Lipinski definition) is 4. The van der Waals surface area contributed by atoms with Crippen LogP contribution in [-0.2, 0) is 10.8 Å². The fourth-order valence-electron chi connectivity index (χ4n) is 1.78. The molecule has 18 heavy (non-hydrogen) atoms. The molecule has 0 amide bonds. The molecule has 2 rings (SSSR count). The summed E-state index contributed by atoms with van der Waals surface area (Å²) in [7, 11) is -0.813. The van der Waals surface area contributed by atoms with Crippen LogP contribution in [0.4, 0.5) is 5.69 Å². The summed E-state index contributed by atoms with van der Waals surface area (Å²) in [5.74, 6) is 0.611. The zero-order chi connectivity index (χ0) is 13.1. The number of anilines is 1. The maximum atomic E-state index is 11.2. The van der Waals surface area contributed by atoms with Crippen molar-refractivity contribution in [2.24, 2.45) is 0 Å². The van der Waals surface area contributed by atoms with Crippen LogP contribution >= 0.6 is 15.9 Å². The molecule has 0 radical (unpaired) electrons. The highest BCUT2D eigenvalue weighted by atomic mass is 79.9. The van der Waals surface area contributed by atoms with Crippen molar-refractivity contribution >= 4 is 43.5 Å². The van der Waals surface area contributed by atoms with Gasteiger partial charge >= 0.3 is 0 Å². The highest BCUT2D eigenvalue weighted by Gasteiger charge is 2.08. The van der Waals surface area contributed by atoms with E-state index in [0.29, 0.717) is 5.75 Å². The second-order valence-electron chi connectivity index (χ2n) is 4.17. The average molecular weight is 328 g/mol. The molecular formula is C12H14BrN3OS. The van der Waals surface area contributed by atoms with Gasteiger partial charge in [0.05, 0.1) is 11.2 Å². The largest absolute Gasteiger partial charge is 0.380 e. The molecule has 0 saturated heterocycles. The van der Waals surface area contributed by atoms with E-state index >= 15 is 0 Å². The number of pyridine rings is 2. The molecule has 4 nitrogen and oxygen atoms in total. The molecule has 2 aromatic rings. The van der Waals surface area contributed by atoms with Gasteiger partial charge in [-0.05, 0) is 35.0 Å². The molecule has 0 bridgehead atoms. The molecule has 0 aliphatic rings. The standard InChI is InChI=1S/C12H14BrN3OS/c1-8(7-18(2)17)16-10-3-4-14-11-5-9(13)6-15-12(10)11/h3-6,8H,7H2,1-2H3,(H,14,16)/t8-,18-/m0/s1. The summed E-state index contributed by atoms with van der Waals surface area (Å²) in [6.07, 6.45) is 5.20. The van der Waals surface area contributed by atoms with E-state index < -0.39 is 10.8 Å². The van der Waals surface area contributed by atoms with Crippen LogP contribution in [0.5, 0.6) is 0 Å². The van der Waals surface area contributed by atoms with E-state index in [-0.39, 0.29) is 6.04 Å². The molecule has 0 aromatic carbocycles. The first-order valence-corrected chi connectivity index (χ1v) is 8.05. The second-order valence-corrected chi connectivity index (χ2v) is 6.56. The third kappa shape index (κ3) is 3.26. The summed E-state index contributed by atoms with van der Waals surface area (Å²) in [6.45, 7) is 2.01. The zero-order valence-corrected chi connectivity index (χ0v) is 12.6. The molecule has 0 fully saturated rings. The summed E-state index contributed by atoms with van der Waals surface area (Å²) >= 11 is 3.38. The van der Waals surface area contributed by atoms with Gasteiger partial charge in [0.15, 0.2) is 0 Å². The van der Waals surface area contributed by atoms with Crippen LogP contribution in [0.2, 0.25) is 0 Å². The van der Waals surface area contributed by atoms with Gasteiger partial charge in [0.1, 0.15) is 5.52 Å². The predicted octanol–water partition coefficient (Wildman–Crippen LogP) is 2.57. The van der Waals surface area contributed by atoms with Crippen molar-refractivity contribution in [2.75, 3.05) is 17.3 Å². The monoisotopic (exact) mass is 327 g/mol. The van der Waals surface area contributed by atoms with Crippen LogP contribution < -0.4 is 5.32 Å². The number of halogens is 1. The van der Waals surface area contributed by atoms with Crippen LogP contribution in [0.15, 0.2) is 29.0 Å². The Morgan fingerprint density at radius 3 is 3.00 bits per heavy atom. The Hall–Kier alpha value is -1.01. The lowest BCUT2D eigenvalue weighted by molar-refractivity contribution is 0.683. The van der Waals surface area contributed by atoms with E-state index in [9.17, 15) is 4.21 Å². The number of nitrogens with one attached hydrogen (secondary N) is 1. The quantitative estimate of drug-likeness (QED) is 0.937. The minimum absolute atomic E-state index is 0.131. The minimum atomic E-state index is -0.813. The fraction of sp³-hybridized carbons (Fsp3) is 0.333. The van der Waals surface area contributed by atoms with E-state index in [4.69, 9.17) is 0 Å². The normalized spacial score (nSPS) is 14.4. The maximum absolute atomic E-state index is 11.2. The Labute approximate surface area is 117 Å². The van der Waals surface area contributed by atoms with Gasteiger partial charge in [0.25, 0.3) is 0 Å². The highest BCUT2D eigenvalue weighted by molar-refractivity contribution is 9.10. The van der Waals surface area contributed by atoms with Gasteiger partial charge in [0, 0.05) is 45.7 Å². The van der Waals surface area contributed by atoms with E-state index in [1.54, 1.807) is 18.6 Å². The Morgan fingerprint density at radius 2 is 2.28 bits per heavy atom. The summed E-state index contributed by atoms with van der Waals surface area (Å²) in [5.41, 5.74) is 2.58. The van der Waals surface area contributed by atoms with Gasteiger partial charge in [0.2, 0.25) is 0 Å². The van der Waals surface area contributed by atoms with Crippen LogP contribution in [0.1, 0.15) is 6.92 Å². The molecule has 1 N–H and O–H groups in total. The summed E-state index contributed by atoms with van der Waals surface area (Å²) in [4.78, 5) is 8.64. The number of rotatable bonds is 4. The van der Waals surface area contributed by atoms with Crippen molar-refractivity contribution in [3.63, 3.8) is 0 Å². The van der Waals surface area contributed by atoms with Crippen molar-refractivity contribution in [2.45, 2.75) is 13.0 Å². The van der Waals surface area contributed by atoms with Crippen molar-refractivity contribution in [3.05, 3.63) is 29.0 Å². The van der Waals surface area contributed by atoms with Gasteiger partial charge in [-0.15, -0.1) is 0 Å². The molecule has 0 aliphatic heterocycles. The predicted molar refractivity (Wildman–Crippen MR) is 79.3 cm³/mol. The Kier molecular flexibility index (Phi) is 4.29. The smallest absolute Gasteiger partial charge is 0.112 e. The Bertz CT molecular complexity index is 591. The fourth-order valence-corrected chi connectivity index (χ4v) is 2.89. The summed E-state index contributed by atoms with van der Waals surface area (Å²) in [6, 6.07) is 3.95. The van der Waals surface area contributed by atoms with E-state index in [0.717, 1.165) is 21.2 Å². The van der Waals surface area contributed by atoms with Gasteiger partial charge in [-0.25, -0.2) is 0 Å². The van der Waals surface area contributed by atoms with Crippen LogP contribution in [0.3, 0.4) is 0 Å². The Balaban J connectivity index is 2.30. The van der Waals surface area contributed by atoms with Crippen molar-refractivity contribution < 1.29 is 4.21 Å². The summed E-state index contributed by atoms with van der Waals surface area (Å²) < 4.78 is 12.1. The molecule has 0 unspecified atom stereocenters. The van der Waals surface area contributed by atoms with Crippen LogP contribution in [0.25, 0.3) is 11.0 Å².